The van der Waals surface area contributed by atoms with Crippen molar-refractivity contribution in [3.05, 3.63) is 48.5 Å². The van der Waals surface area contributed by atoms with Crippen LogP contribution in [0.5, 0.6) is 0 Å². The summed E-state index contributed by atoms with van der Waals surface area (Å²) in [6.45, 7) is 0.389. The number of alkyl halides is 2. The van der Waals surface area contributed by atoms with E-state index in [0.717, 1.165) is 4.57 Å². The maximum Gasteiger partial charge on any atom is 0.320 e. The Labute approximate surface area is 156 Å². The second-order valence-electron chi connectivity index (χ2n) is 6.00. The number of rotatable bonds is 8. The van der Waals surface area contributed by atoms with Crippen molar-refractivity contribution in [2.24, 2.45) is 0 Å². The number of imidazole rings is 1. The lowest BCUT2D eigenvalue weighted by Gasteiger charge is -2.09. The van der Waals surface area contributed by atoms with E-state index in [1.807, 2.05) is 6.92 Å². The van der Waals surface area contributed by atoms with Gasteiger partial charge in [-0.15, -0.1) is 0 Å². The molecule has 5 nitrogen and oxygen atoms in total. The lowest BCUT2D eigenvalue weighted by molar-refractivity contribution is -0.116. The molecule has 0 spiro atoms. The lowest BCUT2D eigenvalue weighted by atomic mass is 10.2. The van der Waals surface area contributed by atoms with Crippen LogP contribution in [-0.2, 0) is 9.53 Å². The van der Waals surface area contributed by atoms with Gasteiger partial charge in [-0.3, -0.25) is 9.36 Å². The van der Waals surface area contributed by atoms with Crippen LogP contribution in [0.3, 0.4) is 0 Å². The van der Waals surface area contributed by atoms with E-state index in [1.165, 1.54) is 0 Å². The second-order valence-corrected chi connectivity index (χ2v) is 6.00. The first-order valence-corrected chi connectivity index (χ1v) is 8.83. The van der Waals surface area contributed by atoms with Crippen molar-refractivity contribution in [1.29, 1.82) is 0 Å². The van der Waals surface area contributed by atoms with Crippen LogP contribution >= 0.6 is 0 Å². The maximum atomic E-state index is 13.6. The summed E-state index contributed by atoms with van der Waals surface area (Å²) in [5.41, 5.74) is 2.06. The van der Waals surface area contributed by atoms with Gasteiger partial charge in [-0.2, -0.15) is 8.78 Å². The minimum Gasteiger partial charge on any atom is -0.382 e. The number of amides is 1. The molecule has 1 N–H and O–H groups in total. The Hall–Kier alpha value is -2.80. The third-order valence-electron chi connectivity index (χ3n) is 4.11. The molecule has 2 aromatic carbocycles. The predicted octanol–water partition coefficient (Wildman–Crippen LogP) is 4.85. The Kier molecular flexibility index (Phi) is 6.13. The summed E-state index contributed by atoms with van der Waals surface area (Å²) in [4.78, 5) is 16.2. The van der Waals surface area contributed by atoms with Crippen molar-refractivity contribution in [1.82, 2.24) is 9.55 Å². The smallest absolute Gasteiger partial charge is 0.320 e. The molecule has 0 aliphatic carbocycles. The van der Waals surface area contributed by atoms with E-state index in [-0.39, 0.29) is 11.7 Å². The zero-order valence-electron chi connectivity index (χ0n) is 15.0. The molecule has 1 aromatic heterocycles. The topological polar surface area (TPSA) is 56.1 Å². The van der Waals surface area contributed by atoms with Crippen molar-refractivity contribution in [3.8, 4) is 11.4 Å². The lowest BCUT2D eigenvalue weighted by Crippen LogP contribution is -2.12. The number of aromatic nitrogens is 2. The molecule has 0 fully saturated rings. The number of hydrogen-bond acceptors (Lipinski definition) is 3. The van der Waals surface area contributed by atoms with Gasteiger partial charge in [0.2, 0.25) is 5.91 Å². The first kappa shape index (κ1) is 19.0. The fourth-order valence-corrected chi connectivity index (χ4v) is 2.85. The third kappa shape index (κ3) is 4.49. The summed E-state index contributed by atoms with van der Waals surface area (Å²) in [5, 5.41) is 2.79. The molecular formula is C20H21F2N3O2. The third-order valence-corrected chi connectivity index (χ3v) is 4.11. The monoisotopic (exact) mass is 373 g/mol. The Morgan fingerprint density at radius 2 is 1.93 bits per heavy atom. The fourth-order valence-electron chi connectivity index (χ4n) is 2.85. The second kappa shape index (κ2) is 8.73. The van der Waals surface area contributed by atoms with Gasteiger partial charge in [0.25, 0.3) is 0 Å². The van der Waals surface area contributed by atoms with Gasteiger partial charge in [0, 0.05) is 30.9 Å². The normalized spacial score (nSPS) is 11.3. The Morgan fingerprint density at radius 3 is 2.63 bits per heavy atom. The minimum absolute atomic E-state index is 0.109. The SMILES string of the molecule is CCOCCCC(=O)Nc1ccc(-c2nc3ccccc3n2C(F)F)cc1. The van der Waals surface area contributed by atoms with Gasteiger partial charge in [0.1, 0.15) is 5.82 Å². The molecule has 1 heterocycles. The molecule has 0 unspecified atom stereocenters. The highest BCUT2D eigenvalue weighted by molar-refractivity contribution is 5.91. The van der Waals surface area contributed by atoms with E-state index in [9.17, 15) is 13.6 Å². The largest absolute Gasteiger partial charge is 0.382 e. The zero-order valence-corrected chi connectivity index (χ0v) is 15.0. The highest BCUT2D eigenvalue weighted by Gasteiger charge is 2.18. The number of carbonyl (C=O) groups is 1. The fraction of sp³-hybridized carbons (Fsp3) is 0.300. The van der Waals surface area contributed by atoms with E-state index in [4.69, 9.17) is 4.74 Å². The number of fused-ring (bicyclic) bond motifs is 1. The van der Waals surface area contributed by atoms with Crippen molar-refractivity contribution < 1.29 is 18.3 Å². The van der Waals surface area contributed by atoms with Crippen molar-refractivity contribution in [2.45, 2.75) is 26.3 Å². The van der Waals surface area contributed by atoms with Gasteiger partial charge in [-0.25, -0.2) is 4.98 Å². The van der Waals surface area contributed by atoms with Gasteiger partial charge in [-0.1, -0.05) is 12.1 Å². The van der Waals surface area contributed by atoms with Crippen LogP contribution in [0.4, 0.5) is 14.5 Å². The quantitative estimate of drug-likeness (QED) is 0.574. The number of nitrogens with one attached hydrogen (secondary N) is 1. The summed E-state index contributed by atoms with van der Waals surface area (Å²) in [5.74, 6) is 0.0862. The number of anilines is 1. The molecule has 0 saturated carbocycles. The van der Waals surface area contributed by atoms with Crippen LogP contribution in [0, 0.1) is 0 Å². The van der Waals surface area contributed by atoms with Crippen LogP contribution in [0.2, 0.25) is 0 Å². The van der Waals surface area contributed by atoms with Crippen LogP contribution in [-0.4, -0.2) is 28.7 Å². The first-order valence-electron chi connectivity index (χ1n) is 8.83. The number of hydrogen-bond donors (Lipinski definition) is 1. The summed E-state index contributed by atoms with van der Waals surface area (Å²) < 4.78 is 33.2. The number of nitrogens with zero attached hydrogens (tertiary/aromatic N) is 2. The molecule has 0 atom stereocenters. The van der Waals surface area contributed by atoms with E-state index >= 15 is 0 Å². The zero-order chi connectivity index (χ0) is 19.2. The van der Waals surface area contributed by atoms with Gasteiger partial charge in [0.05, 0.1) is 11.0 Å². The average molecular weight is 373 g/mol. The molecule has 142 valence electrons. The van der Waals surface area contributed by atoms with Crippen molar-refractivity contribution in [2.75, 3.05) is 18.5 Å². The minimum atomic E-state index is -2.70. The van der Waals surface area contributed by atoms with Crippen molar-refractivity contribution in [3.63, 3.8) is 0 Å². The van der Waals surface area contributed by atoms with Gasteiger partial charge in [-0.05, 0) is 49.7 Å². The van der Waals surface area contributed by atoms with E-state index < -0.39 is 6.55 Å². The molecule has 3 aromatic rings. The Morgan fingerprint density at radius 1 is 1.19 bits per heavy atom. The molecule has 3 rings (SSSR count). The molecule has 0 aliphatic heterocycles. The Balaban J connectivity index is 1.75. The van der Waals surface area contributed by atoms with Gasteiger partial charge < -0.3 is 10.1 Å². The molecule has 0 saturated heterocycles. The molecule has 1 amide bonds. The van der Waals surface area contributed by atoms with Gasteiger partial charge >= 0.3 is 6.55 Å². The molecule has 0 aliphatic rings. The predicted molar refractivity (Wildman–Crippen MR) is 101 cm³/mol. The number of ether oxygens (including phenoxy) is 1. The molecular weight excluding hydrogens is 352 g/mol. The summed E-state index contributed by atoms with van der Waals surface area (Å²) in [6, 6.07) is 13.5. The van der Waals surface area contributed by atoms with E-state index in [1.54, 1.807) is 48.5 Å². The maximum absolute atomic E-state index is 13.6. The number of benzene rings is 2. The Bertz CT molecular complexity index is 907. The molecule has 0 bridgehead atoms. The number of para-hydroxylation sites is 2. The van der Waals surface area contributed by atoms with Crippen LogP contribution < -0.4 is 5.32 Å². The number of halogens is 2. The molecule has 27 heavy (non-hydrogen) atoms. The van der Waals surface area contributed by atoms with Crippen LogP contribution in [0.25, 0.3) is 22.4 Å². The summed E-state index contributed by atoms with van der Waals surface area (Å²) >= 11 is 0. The standard InChI is InChI=1S/C20H21F2N3O2/c1-2-27-13-5-8-18(26)23-15-11-9-14(10-12-15)19-24-16-6-3-4-7-17(16)25(19)20(21)22/h3-4,6-7,9-12,20H,2,5,8,13H2,1H3,(H,23,26). The van der Waals surface area contributed by atoms with Crippen LogP contribution in [0.1, 0.15) is 26.3 Å². The average Bonchev–Trinajstić information content (AvgIpc) is 3.05. The highest BCUT2D eigenvalue weighted by Crippen LogP contribution is 2.30. The molecule has 0 radical (unpaired) electrons. The highest BCUT2D eigenvalue weighted by atomic mass is 19.3. The first-order chi connectivity index (χ1) is 13.1. The summed E-state index contributed by atoms with van der Waals surface area (Å²) in [6.07, 6.45) is 1.01. The number of carbonyl (C=O) groups excluding carboxylic acids is 1. The van der Waals surface area contributed by atoms with E-state index in [0.29, 0.717) is 48.3 Å². The van der Waals surface area contributed by atoms with Crippen LogP contribution in [0.15, 0.2) is 48.5 Å². The van der Waals surface area contributed by atoms with Gasteiger partial charge in [0.15, 0.2) is 0 Å². The summed E-state index contributed by atoms with van der Waals surface area (Å²) in [7, 11) is 0. The van der Waals surface area contributed by atoms with Crippen molar-refractivity contribution >= 4 is 22.6 Å². The van der Waals surface area contributed by atoms with E-state index in [2.05, 4.69) is 10.3 Å². The molecule has 7 heteroatoms.